The normalized spacial score (nSPS) is 18.2. The van der Waals surface area contributed by atoms with Crippen LogP contribution in [0.2, 0.25) is 0 Å². The van der Waals surface area contributed by atoms with Gasteiger partial charge in [0.05, 0.1) is 0 Å². The lowest BCUT2D eigenvalue weighted by Crippen LogP contribution is -2.27. The van der Waals surface area contributed by atoms with Crippen LogP contribution in [-0.2, 0) is 6.42 Å². The molecule has 0 amide bonds. The number of aromatic nitrogens is 1. The lowest BCUT2D eigenvalue weighted by atomic mass is 9.90. The summed E-state index contributed by atoms with van der Waals surface area (Å²) in [6.07, 6.45) is 3.48. The summed E-state index contributed by atoms with van der Waals surface area (Å²) in [5.74, 6) is 1.65. The molecule has 0 unspecified atom stereocenters. The quantitative estimate of drug-likeness (QED) is 0.415. The predicted molar refractivity (Wildman–Crippen MR) is 124 cm³/mol. The number of aromatic amines is 1. The largest absolute Gasteiger partial charge is 0.454 e. The average molecular weight is 411 g/mol. The monoisotopic (exact) mass is 410 g/mol. The van der Waals surface area contributed by atoms with Gasteiger partial charge in [-0.25, -0.2) is 0 Å². The van der Waals surface area contributed by atoms with E-state index in [-0.39, 0.29) is 0 Å². The molecule has 156 valence electrons. The van der Waals surface area contributed by atoms with Crippen molar-refractivity contribution in [3.63, 3.8) is 0 Å². The molecule has 2 atom stereocenters. The number of fused-ring (bicyclic) bond motifs is 4. The zero-order valence-electron chi connectivity index (χ0n) is 17.7. The number of nitrogens with one attached hydrogen (secondary N) is 2. The lowest BCUT2D eigenvalue weighted by molar-refractivity contribution is 0.174. The van der Waals surface area contributed by atoms with E-state index in [9.17, 15) is 0 Å². The smallest absolute Gasteiger partial charge is 0.231 e. The van der Waals surface area contributed by atoms with Crippen molar-refractivity contribution in [3.8, 4) is 22.6 Å². The number of ether oxygens (including phenoxy) is 2. The van der Waals surface area contributed by atoms with Crippen LogP contribution in [0.15, 0.2) is 66.7 Å². The maximum Gasteiger partial charge on any atom is 0.231 e. The highest BCUT2D eigenvalue weighted by molar-refractivity contribution is 5.89. The van der Waals surface area contributed by atoms with Gasteiger partial charge >= 0.3 is 0 Å². The third-order valence-corrected chi connectivity index (χ3v) is 6.66. The first-order chi connectivity index (χ1) is 15.3. The lowest BCUT2D eigenvalue weighted by Gasteiger charge is -2.27. The maximum absolute atomic E-state index is 5.57. The average Bonchev–Trinajstić information content (AvgIpc) is 3.43. The summed E-state index contributed by atoms with van der Waals surface area (Å²) < 4.78 is 11.0. The molecule has 1 aliphatic heterocycles. The fourth-order valence-electron chi connectivity index (χ4n) is 5.02. The first-order valence-electron chi connectivity index (χ1n) is 11.1. The van der Waals surface area contributed by atoms with Gasteiger partial charge < -0.3 is 19.8 Å². The molecule has 0 bridgehead atoms. The summed E-state index contributed by atoms with van der Waals surface area (Å²) in [5, 5.41) is 5.20. The molecule has 4 heteroatoms. The van der Waals surface area contributed by atoms with Crippen LogP contribution in [0.3, 0.4) is 0 Å². The van der Waals surface area contributed by atoms with Gasteiger partial charge in [0.15, 0.2) is 11.5 Å². The van der Waals surface area contributed by atoms with E-state index < -0.39 is 0 Å². The van der Waals surface area contributed by atoms with E-state index in [0.717, 1.165) is 29.9 Å². The van der Waals surface area contributed by atoms with Crippen LogP contribution in [0.5, 0.6) is 11.5 Å². The Morgan fingerprint density at radius 1 is 0.935 bits per heavy atom. The summed E-state index contributed by atoms with van der Waals surface area (Å²) in [6.45, 7) is 2.56. The third-order valence-electron chi connectivity index (χ3n) is 6.66. The minimum Gasteiger partial charge on any atom is -0.454 e. The highest BCUT2D eigenvalue weighted by atomic mass is 16.7. The second-order valence-corrected chi connectivity index (χ2v) is 8.59. The van der Waals surface area contributed by atoms with Gasteiger partial charge in [-0.15, -0.1) is 0 Å². The Morgan fingerprint density at radius 2 is 1.74 bits per heavy atom. The summed E-state index contributed by atoms with van der Waals surface area (Å²) in [6, 6.07) is 24.3. The molecule has 4 aromatic rings. The van der Waals surface area contributed by atoms with Crippen molar-refractivity contribution in [3.05, 3.63) is 83.6 Å². The molecular weight excluding hydrogens is 384 g/mol. The van der Waals surface area contributed by atoms with Crippen molar-refractivity contribution in [1.82, 2.24) is 10.3 Å². The van der Waals surface area contributed by atoms with Gasteiger partial charge in [0.2, 0.25) is 6.79 Å². The molecule has 2 N–H and O–H groups in total. The highest BCUT2D eigenvalue weighted by Gasteiger charge is 2.26. The fourth-order valence-corrected chi connectivity index (χ4v) is 5.02. The Balaban J connectivity index is 1.34. The van der Waals surface area contributed by atoms with Crippen molar-refractivity contribution in [2.45, 2.75) is 38.3 Å². The Hall–Kier alpha value is -3.24. The van der Waals surface area contributed by atoms with Crippen LogP contribution >= 0.6 is 0 Å². The van der Waals surface area contributed by atoms with Gasteiger partial charge in [-0.2, -0.15) is 0 Å². The second kappa shape index (κ2) is 7.47. The number of rotatable bonds is 4. The Morgan fingerprint density at radius 3 is 2.65 bits per heavy atom. The van der Waals surface area contributed by atoms with E-state index in [4.69, 9.17) is 9.47 Å². The van der Waals surface area contributed by atoms with E-state index in [1.807, 2.05) is 6.07 Å². The van der Waals surface area contributed by atoms with E-state index in [2.05, 4.69) is 77.9 Å². The molecule has 1 aromatic heterocycles. The van der Waals surface area contributed by atoms with Gasteiger partial charge in [-0.05, 0) is 72.7 Å². The van der Waals surface area contributed by atoms with Crippen LogP contribution in [0.1, 0.15) is 48.7 Å². The van der Waals surface area contributed by atoms with Gasteiger partial charge in [0, 0.05) is 28.7 Å². The van der Waals surface area contributed by atoms with Gasteiger partial charge in [-0.3, -0.25) is 0 Å². The van der Waals surface area contributed by atoms with Gasteiger partial charge in [0.25, 0.3) is 0 Å². The van der Waals surface area contributed by atoms with Gasteiger partial charge in [-0.1, -0.05) is 42.5 Å². The molecule has 6 rings (SSSR count). The molecule has 2 aliphatic rings. The van der Waals surface area contributed by atoms with Crippen LogP contribution in [0.4, 0.5) is 0 Å². The molecule has 31 heavy (non-hydrogen) atoms. The van der Waals surface area contributed by atoms with Crippen LogP contribution in [0, 0.1) is 0 Å². The minimum atomic E-state index is 0.304. The zero-order chi connectivity index (χ0) is 20.8. The topological polar surface area (TPSA) is 46.3 Å². The molecule has 0 spiro atoms. The maximum atomic E-state index is 5.57. The van der Waals surface area contributed by atoms with Gasteiger partial charge in [0.1, 0.15) is 0 Å². The molecule has 0 saturated carbocycles. The van der Waals surface area contributed by atoms with E-state index in [0.29, 0.717) is 18.9 Å². The fraction of sp³-hybridized carbons (Fsp3) is 0.259. The van der Waals surface area contributed by atoms with Crippen molar-refractivity contribution in [2.24, 2.45) is 0 Å². The Bertz CT molecular complexity index is 1250. The SMILES string of the molecule is C[C@@H](N[C@@H]1CCCc2c1[nH]c1ccc(-c3ccc4c(c3)OCO4)cc21)c1ccccc1. The van der Waals surface area contributed by atoms with Crippen molar-refractivity contribution >= 4 is 10.9 Å². The summed E-state index contributed by atoms with van der Waals surface area (Å²) >= 11 is 0. The number of hydrogen-bond acceptors (Lipinski definition) is 3. The van der Waals surface area contributed by atoms with Crippen molar-refractivity contribution in [2.75, 3.05) is 6.79 Å². The predicted octanol–water partition coefficient (Wildman–Crippen LogP) is 6.29. The molecule has 0 saturated heterocycles. The standard InChI is InChI=1S/C27H26N2O2/c1-17(18-6-3-2-4-7-18)28-24-9-5-8-21-22-14-19(10-12-23(22)29-27(21)24)20-11-13-25-26(15-20)31-16-30-25/h2-4,6-7,10-15,17,24,28-29H,5,8-9,16H2,1H3/t17-,24-/m1/s1. The molecule has 4 nitrogen and oxygen atoms in total. The number of H-pyrrole nitrogens is 1. The van der Waals surface area contributed by atoms with Crippen LogP contribution in [0.25, 0.3) is 22.0 Å². The van der Waals surface area contributed by atoms with E-state index >= 15 is 0 Å². The zero-order valence-corrected chi connectivity index (χ0v) is 17.7. The molecule has 2 heterocycles. The number of hydrogen-bond donors (Lipinski definition) is 2. The molecule has 1 aliphatic carbocycles. The van der Waals surface area contributed by atoms with Crippen molar-refractivity contribution in [1.29, 1.82) is 0 Å². The number of aryl methyl sites for hydroxylation is 1. The summed E-state index contributed by atoms with van der Waals surface area (Å²) in [7, 11) is 0. The Kier molecular flexibility index (Phi) is 4.46. The first kappa shape index (κ1) is 18.5. The third kappa shape index (κ3) is 3.28. The summed E-state index contributed by atoms with van der Waals surface area (Å²) in [4.78, 5) is 3.74. The molecule has 3 aromatic carbocycles. The molecular formula is C27H26N2O2. The number of benzene rings is 3. The second-order valence-electron chi connectivity index (χ2n) is 8.59. The summed E-state index contributed by atoms with van der Waals surface area (Å²) in [5.41, 5.74) is 7.73. The minimum absolute atomic E-state index is 0.304. The van der Waals surface area contributed by atoms with Crippen molar-refractivity contribution < 1.29 is 9.47 Å². The molecule has 0 fully saturated rings. The highest BCUT2D eigenvalue weighted by Crippen LogP contribution is 2.39. The molecule has 0 radical (unpaired) electrons. The first-order valence-corrected chi connectivity index (χ1v) is 11.1. The van der Waals surface area contributed by atoms with E-state index in [1.54, 1.807) is 0 Å². The van der Waals surface area contributed by atoms with E-state index in [1.165, 1.54) is 39.7 Å². The van der Waals surface area contributed by atoms with Crippen LogP contribution in [-0.4, -0.2) is 11.8 Å². The Labute approximate surface area is 182 Å². The van der Waals surface area contributed by atoms with Crippen LogP contribution < -0.4 is 14.8 Å².